The number of hydrogen-bond donors (Lipinski definition) is 1. The second-order valence-corrected chi connectivity index (χ2v) is 5.16. The lowest BCUT2D eigenvalue weighted by Gasteiger charge is -2.36. The van der Waals surface area contributed by atoms with Gasteiger partial charge in [0.2, 0.25) is 5.91 Å². The van der Waals surface area contributed by atoms with E-state index >= 15 is 0 Å². The van der Waals surface area contributed by atoms with Gasteiger partial charge in [-0.25, -0.2) is 0 Å². The third kappa shape index (κ3) is 2.91. The summed E-state index contributed by atoms with van der Waals surface area (Å²) in [7, 11) is 1.92. The van der Waals surface area contributed by atoms with Crippen LogP contribution in [0, 0.1) is 5.92 Å². The van der Waals surface area contributed by atoms with Crippen LogP contribution in [0.3, 0.4) is 0 Å². The standard InChI is InChI=1S/C15H22N2O/c1-17(14-8-5-9-14)15(18)13(11-16)10-12-6-3-2-4-7-12/h2-4,6-7,13-14H,5,8-11,16H2,1H3. The Morgan fingerprint density at radius 2 is 2.06 bits per heavy atom. The van der Waals surface area contributed by atoms with Crippen LogP contribution in [0.1, 0.15) is 24.8 Å². The molecule has 1 atom stereocenters. The minimum absolute atomic E-state index is 0.0852. The SMILES string of the molecule is CN(C(=O)C(CN)Cc1ccccc1)C1CCC1. The minimum Gasteiger partial charge on any atom is -0.342 e. The van der Waals surface area contributed by atoms with E-state index in [1.54, 1.807) is 0 Å². The molecule has 1 unspecified atom stereocenters. The molecule has 0 aromatic heterocycles. The van der Waals surface area contributed by atoms with Crippen LogP contribution < -0.4 is 5.73 Å². The highest BCUT2D eigenvalue weighted by Gasteiger charge is 2.29. The van der Waals surface area contributed by atoms with Crippen molar-refractivity contribution in [3.63, 3.8) is 0 Å². The van der Waals surface area contributed by atoms with Crippen molar-refractivity contribution in [1.29, 1.82) is 0 Å². The number of nitrogens with two attached hydrogens (primary N) is 1. The Morgan fingerprint density at radius 3 is 2.56 bits per heavy atom. The summed E-state index contributed by atoms with van der Waals surface area (Å²) < 4.78 is 0. The monoisotopic (exact) mass is 246 g/mol. The van der Waals surface area contributed by atoms with Gasteiger partial charge in [-0.2, -0.15) is 0 Å². The molecule has 18 heavy (non-hydrogen) atoms. The molecule has 0 bridgehead atoms. The fourth-order valence-electron chi connectivity index (χ4n) is 2.41. The van der Waals surface area contributed by atoms with Crippen molar-refractivity contribution in [1.82, 2.24) is 4.90 Å². The van der Waals surface area contributed by atoms with Crippen LogP contribution in [0.25, 0.3) is 0 Å². The maximum atomic E-state index is 12.4. The van der Waals surface area contributed by atoms with E-state index in [1.807, 2.05) is 30.1 Å². The van der Waals surface area contributed by atoms with E-state index in [2.05, 4.69) is 12.1 Å². The third-order valence-electron chi connectivity index (χ3n) is 3.93. The summed E-state index contributed by atoms with van der Waals surface area (Å²) in [6.45, 7) is 0.421. The third-order valence-corrected chi connectivity index (χ3v) is 3.93. The number of hydrogen-bond acceptors (Lipinski definition) is 2. The van der Waals surface area contributed by atoms with Crippen LogP contribution in [-0.2, 0) is 11.2 Å². The molecule has 0 aliphatic heterocycles. The van der Waals surface area contributed by atoms with Crippen molar-refractivity contribution in [2.45, 2.75) is 31.7 Å². The molecular formula is C15H22N2O. The Hall–Kier alpha value is -1.35. The molecule has 0 spiro atoms. The molecule has 2 N–H and O–H groups in total. The molecule has 1 amide bonds. The van der Waals surface area contributed by atoms with E-state index in [-0.39, 0.29) is 11.8 Å². The van der Waals surface area contributed by atoms with Crippen LogP contribution in [-0.4, -0.2) is 30.4 Å². The van der Waals surface area contributed by atoms with E-state index in [0.717, 1.165) is 19.3 Å². The van der Waals surface area contributed by atoms with Gasteiger partial charge in [0.1, 0.15) is 0 Å². The summed E-state index contributed by atoms with van der Waals surface area (Å²) in [5.74, 6) is 0.115. The summed E-state index contributed by atoms with van der Waals surface area (Å²) >= 11 is 0. The average molecular weight is 246 g/mol. The molecule has 1 aliphatic rings. The number of amides is 1. The lowest BCUT2D eigenvalue weighted by molar-refractivity contribution is -0.137. The topological polar surface area (TPSA) is 46.3 Å². The summed E-state index contributed by atoms with van der Waals surface area (Å²) in [5, 5.41) is 0. The first-order valence-corrected chi connectivity index (χ1v) is 6.73. The van der Waals surface area contributed by atoms with Crippen LogP contribution in [0.4, 0.5) is 0 Å². The molecule has 3 heteroatoms. The van der Waals surface area contributed by atoms with Gasteiger partial charge in [-0.3, -0.25) is 4.79 Å². The van der Waals surface area contributed by atoms with Crippen molar-refractivity contribution in [2.75, 3.05) is 13.6 Å². The zero-order valence-electron chi connectivity index (χ0n) is 11.0. The van der Waals surface area contributed by atoms with Crippen molar-refractivity contribution < 1.29 is 4.79 Å². The largest absolute Gasteiger partial charge is 0.342 e. The molecule has 1 aromatic rings. The molecule has 1 aromatic carbocycles. The molecule has 1 saturated carbocycles. The predicted octanol–water partition coefficient (Wildman–Crippen LogP) is 1.81. The lowest BCUT2D eigenvalue weighted by atomic mass is 9.90. The van der Waals surface area contributed by atoms with Crippen molar-refractivity contribution in [3.05, 3.63) is 35.9 Å². The minimum atomic E-state index is -0.0852. The van der Waals surface area contributed by atoms with Gasteiger partial charge < -0.3 is 10.6 Å². The van der Waals surface area contributed by atoms with Gasteiger partial charge >= 0.3 is 0 Å². The Bertz CT molecular complexity index is 387. The Kier molecular flexibility index (Phi) is 4.37. The number of nitrogens with zero attached hydrogens (tertiary/aromatic N) is 1. The lowest BCUT2D eigenvalue weighted by Crippen LogP contribution is -2.46. The first-order chi connectivity index (χ1) is 8.72. The number of rotatable bonds is 5. The normalized spacial score (nSPS) is 17.0. The number of carbonyl (C=O) groups excluding carboxylic acids is 1. The van der Waals surface area contributed by atoms with Crippen LogP contribution in [0.5, 0.6) is 0 Å². The first-order valence-electron chi connectivity index (χ1n) is 6.73. The van der Waals surface area contributed by atoms with E-state index in [1.165, 1.54) is 12.0 Å². The molecule has 1 fully saturated rings. The summed E-state index contributed by atoms with van der Waals surface area (Å²) in [4.78, 5) is 14.3. The van der Waals surface area contributed by atoms with Gasteiger partial charge in [-0.1, -0.05) is 30.3 Å². The molecule has 0 saturated heterocycles. The highest BCUT2D eigenvalue weighted by atomic mass is 16.2. The molecule has 0 heterocycles. The highest BCUT2D eigenvalue weighted by molar-refractivity contribution is 5.79. The van der Waals surface area contributed by atoms with Gasteiger partial charge in [0, 0.05) is 19.6 Å². The van der Waals surface area contributed by atoms with Crippen molar-refractivity contribution in [2.24, 2.45) is 11.7 Å². The molecule has 2 rings (SSSR count). The van der Waals surface area contributed by atoms with Crippen LogP contribution >= 0.6 is 0 Å². The fourth-order valence-corrected chi connectivity index (χ4v) is 2.41. The summed E-state index contributed by atoms with van der Waals surface area (Å²) in [6, 6.07) is 10.6. The molecular weight excluding hydrogens is 224 g/mol. The first kappa shape index (κ1) is 13.1. The second kappa shape index (κ2) is 6.01. The van der Waals surface area contributed by atoms with Gasteiger partial charge in [0.05, 0.1) is 5.92 Å². The van der Waals surface area contributed by atoms with E-state index in [0.29, 0.717) is 12.6 Å². The van der Waals surface area contributed by atoms with Gasteiger partial charge in [-0.05, 0) is 31.2 Å². The molecule has 0 radical (unpaired) electrons. The quantitative estimate of drug-likeness (QED) is 0.861. The van der Waals surface area contributed by atoms with Crippen LogP contribution in [0.15, 0.2) is 30.3 Å². The number of benzene rings is 1. The highest BCUT2D eigenvalue weighted by Crippen LogP contribution is 2.25. The van der Waals surface area contributed by atoms with E-state index < -0.39 is 0 Å². The molecule has 3 nitrogen and oxygen atoms in total. The Morgan fingerprint density at radius 1 is 1.39 bits per heavy atom. The molecule has 98 valence electrons. The van der Waals surface area contributed by atoms with Crippen LogP contribution in [0.2, 0.25) is 0 Å². The fraction of sp³-hybridized carbons (Fsp3) is 0.533. The van der Waals surface area contributed by atoms with Crippen molar-refractivity contribution >= 4 is 5.91 Å². The summed E-state index contributed by atoms with van der Waals surface area (Å²) in [6.07, 6.45) is 4.28. The smallest absolute Gasteiger partial charge is 0.227 e. The summed E-state index contributed by atoms with van der Waals surface area (Å²) in [5.41, 5.74) is 6.96. The van der Waals surface area contributed by atoms with E-state index in [9.17, 15) is 4.79 Å². The second-order valence-electron chi connectivity index (χ2n) is 5.16. The van der Waals surface area contributed by atoms with Crippen molar-refractivity contribution in [3.8, 4) is 0 Å². The van der Waals surface area contributed by atoms with E-state index in [4.69, 9.17) is 5.73 Å². The number of carbonyl (C=O) groups is 1. The maximum Gasteiger partial charge on any atom is 0.227 e. The molecule has 1 aliphatic carbocycles. The Balaban J connectivity index is 1.97. The maximum absolute atomic E-state index is 12.4. The van der Waals surface area contributed by atoms with Gasteiger partial charge in [0.15, 0.2) is 0 Å². The zero-order valence-corrected chi connectivity index (χ0v) is 11.0. The average Bonchev–Trinajstić information content (AvgIpc) is 2.34. The van der Waals surface area contributed by atoms with Gasteiger partial charge in [-0.15, -0.1) is 0 Å². The predicted molar refractivity (Wildman–Crippen MR) is 73.1 cm³/mol. The zero-order chi connectivity index (χ0) is 13.0. The van der Waals surface area contributed by atoms with Gasteiger partial charge in [0.25, 0.3) is 0 Å². The Labute approximate surface area is 109 Å².